The van der Waals surface area contributed by atoms with Gasteiger partial charge < -0.3 is 14.4 Å². The molecule has 4 rings (SSSR count). The molecule has 2 heterocycles. The molecule has 1 aromatic heterocycles. The van der Waals surface area contributed by atoms with Gasteiger partial charge in [-0.25, -0.2) is 13.4 Å². The summed E-state index contributed by atoms with van der Waals surface area (Å²) < 4.78 is 37.2. The first-order valence-corrected chi connectivity index (χ1v) is 13.6. The van der Waals surface area contributed by atoms with Gasteiger partial charge in [0.05, 0.1) is 28.0 Å². The summed E-state index contributed by atoms with van der Waals surface area (Å²) in [6.45, 7) is 1.18. The summed E-state index contributed by atoms with van der Waals surface area (Å²) in [5.74, 6) is 0.694. The van der Waals surface area contributed by atoms with Crippen LogP contribution in [0.4, 0.5) is 0 Å². The van der Waals surface area contributed by atoms with Gasteiger partial charge in [0.1, 0.15) is 11.9 Å². The summed E-state index contributed by atoms with van der Waals surface area (Å²) in [6.07, 6.45) is 1.93. The lowest BCUT2D eigenvalue weighted by Crippen LogP contribution is -2.41. The minimum Gasteiger partial charge on any atom is -0.497 e. The van der Waals surface area contributed by atoms with Crippen molar-refractivity contribution in [3.63, 3.8) is 0 Å². The summed E-state index contributed by atoms with van der Waals surface area (Å²) in [5.41, 5.74) is 0.872. The first kappa shape index (κ1) is 23.8. The van der Waals surface area contributed by atoms with Crippen molar-refractivity contribution in [3.8, 4) is 10.9 Å². The molecule has 0 spiro atoms. The van der Waals surface area contributed by atoms with Crippen molar-refractivity contribution in [3.05, 3.63) is 47.5 Å². The Morgan fingerprint density at radius 3 is 2.61 bits per heavy atom. The molecule has 3 aromatic rings. The Balaban J connectivity index is 1.23. The van der Waals surface area contributed by atoms with Crippen LogP contribution in [0.15, 0.2) is 47.4 Å². The fourth-order valence-electron chi connectivity index (χ4n) is 3.76. The Kier molecular flexibility index (Phi) is 7.41. The number of amides is 1. The van der Waals surface area contributed by atoms with Crippen molar-refractivity contribution < 1.29 is 22.7 Å². The summed E-state index contributed by atoms with van der Waals surface area (Å²) in [7, 11) is -1.79. The van der Waals surface area contributed by atoms with Gasteiger partial charge in [-0.05, 0) is 48.9 Å². The van der Waals surface area contributed by atoms with Crippen molar-refractivity contribution in [2.24, 2.45) is 0 Å². The smallest absolute Gasteiger partial charge is 0.274 e. The van der Waals surface area contributed by atoms with Crippen molar-refractivity contribution in [2.75, 3.05) is 26.0 Å². The molecule has 1 amide bonds. The van der Waals surface area contributed by atoms with Crippen LogP contribution in [-0.2, 0) is 14.6 Å². The van der Waals surface area contributed by atoms with Gasteiger partial charge in [0.2, 0.25) is 5.91 Å². The summed E-state index contributed by atoms with van der Waals surface area (Å²) in [5, 5.41) is 1.11. The van der Waals surface area contributed by atoms with E-state index in [0.717, 1.165) is 16.0 Å². The highest BCUT2D eigenvalue weighted by Gasteiger charge is 2.25. The van der Waals surface area contributed by atoms with E-state index < -0.39 is 9.84 Å². The highest BCUT2D eigenvalue weighted by atomic mass is 35.5. The van der Waals surface area contributed by atoms with Crippen LogP contribution >= 0.6 is 22.9 Å². The molecule has 0 saturated carbocycles. The van der Waals surface area contributed by atoms with E-state index in [0.29, 0.717) is 36.1 Å². The molecule has 33 heavy (non-hydrogen) atoms. The van der Waals surface area contributed by atoms with Gasteiger partial charge in [0.15, 0.2) is 9.84 Å². The van der Waals surface area contributed by atoms with Crippen LogP contribution in [0.2, 0.25) is 5.02 Å². The number of benzene rings is 2. The monoisotopic (exact) mass is 508 g/mol. The van der Waals surface area contributed by atoms with E-state index in [1.54, 1.807) is 24.1 Å². The minimum absolute atomic E-state index is 0.00166. The normalized spacial score (nSPS) is 15.0. The van der Waals surface area contributed by atoms with Crippen molar-refractivity contribution in [1.82, 2.24) is 9.88 Å². The third-order valence-corrected chi connectivity index (χ3v) is 8.59. The summed E-state index contributed by atoms with van der Waals surface area (Å²) in [6, 6.07) is 11.8. The van der Waals surface area contributed by atoms with E-state index in [-0.39, 0.29) is 35.5 Å². The molecule has 7 nitrogen and oxygen atoms in total. The van der Waals surface area contributed by atoms with Crippen LogP contribution in [-0.4, -0.2) is 56.3 Å². The Hall–Kier alpha value is -2.36. The first-order valence-electron chi connectivity index (χ1n) is 10.7. The second-order valence-electron chi connectivity index (χ2n) is 7.89. The Bertz CT molecular complexity index is 1220. The van der Waals surface area contributed by atoms with Crippen LogP contribution in [0.5, 0.6) is 10.9 Å². The van der Waals surface area contributed by atoms with Gasteiger partial charge in [0, 0.05) is 37.4 Å². The molecule has 0 bridgehead atoms. The lowest BCUT2D eigenvalue weighted by molar-refractivity contribution is -0.133. The van der Waals surface area contributed by atoms with Crippen LogP contribution in [0.25, 0.3) is 10.2 Å². The fourth-order valence-corrected chi connectivity index (χ4v) is 6.10. The largest absolute Gasteiger partial charge is 0.497 e. The van der Waals surface area contributed by atoms with Crippen LogP contribution < -0.4 is 9.47 Å². The number of rotatable bonds is 8. The quantitative estimate of drug-likeness (QED) is 0.442. The standard InChI is InChI=1S/C23H25ClN2O5S2/c1-30-18-6-9-20-21(15-18)32-23(25-20)31-17-10-12-26(13-11-17)22(27)3-2-14-33(28,29)19-7-4-16(24)5-8-19/h4-9,15,17H,2-3,10-14H2,1H3. The first-order chi connectivity index (χ1) is 15.8. The van der Waals surface area contributed by atoms with Crippen LogP contribution in [0.1, 0.15) is 25.7 Å². The molecular formula is C23H25ClN2O5S2. The van der Waals surface area contributed by atoms with E-state index in [4.69, 9.17) is 21.1 Å². The number of hydrogen-bond acceptors (Lipinski definition) is 7. The average Bonchev–Trinajstić information content (AvgIpc) is 3.21. The number of nitrogens with zero attached hydrogens (tertiary/aromatic N) is 2. The third-order valence-electron chi connectivity index (χ3n) is 5.61. The number of fused-ring (bicyclic) bond motifs is 1. The molecule has 0 aliphatic carbocycles. The maximum absolute atomic E-state index is 12.6. The second-order valence-corrected chi connectivity index (χ2v) is 11.4. The van der Waals surface area contributed by atoms with Crippen LogP contribution in [0, 0.1) is 0 Å². The van der Waals surface area contributed by atoms with Gasteiger partial charge in [-0.15, -0.1) is 0 Å². The van der Waals surface area contributed by atoms with Crippen molar-refractivity contribution in [1.29, 1.82) is 0 Å². The zero-order valence-corrected chi connectivity index (χ0v) is 20.6. The molecule has 0 atom stereocenters. The number of halogens is 1. The molecule has 1 saturated heterocycles. The Morgan fingerprint density at radius 2 is 1.91 bits per heavy atom. The number of piperidine rings is 1. The molecule has 10 heteroatoms. The predicted molar refractivity (Wildman–Crippen MR) is 129 cm³/mol. The summed E-state index contributed by atoms with van der Waals surface area (Å²) >= 11 is 7.30. The molecule has 0 unspecified atom stereocenters. The van der Waals surface area contributed by atoms with Gasteiger partial charge in [0.25, 0.3) is 5.19 Å². The molecule has 1 fully saturated rings. The van der Waals surface area contributed by atoms with Gasteiger partial charge in [-0.2, -0.15) is 0 Å². The number of carbonyl (C=O) groups is 1. The number of methoxy groups -OCH3 is 1. The van der Waals surface area contributed by atoms with Gasteiger partial charge >= 0.3 is 0 Å². The number of ether oxygens (including phenoxy) is 2. The maximum atomic E-state index is 12.6. The molecule has 1 aliphatic heterocycles. The van der Waals surface area contributed by atoms with Crippen LogP contribution in [0.3, 0.4) is 0 Å². The predicted octanol–water partition coefficient (Wildman–Crippen LogP) is 4.58. The topological polar surface area (TPSA) is 85.8 Å². The zero-order valence-electron chi connectivity index (χ0n) is 18.2. The zero-order chi connectivity index (χ0) is 23.4. The molecule has 0 N–H and O–H groups in total. The number of sulfone groups is 1. The number of aromatic nitrogens is 1. The van der Waals surface area contributed by atoms with Crippen molar-refractivity contribution in [2.45, 2.75) is 36.7 Å². The Labute approximate surface area is 202 Å². The highest BCUT2D eigenvalue weighted by Crippen LogP contribution is 2.32. The fraction of sp³-hybridized carbons (Fsp3) is 0.391. The van der Waals surface area contributed by atoms with Gasteiger partial charge in [-0.3, -0.25) is 4.79 Å². The second kappa shape index (κ2) is 10.3. The van der Waals surface area contributed by atoms with E-state index in [1.807, 2.05) is 18.2 Å². The van der Waals surface area contributed by atoms with E-state index in [9.17, 15) is 13.2 Å². The third kappa shape index (κ3) is 5.96. The molecule has 0 radical (unpaired) electrons. The minimum atomic E-state index is -3.43. The Morgan fingerprint density at radius 1 is 1.18 bits per heavy atom. The molecule has 176 valence electrons. The van der Waals surface area contributed by atoms with E-state index in [2.05, 4.69) is 4.98 Å². The van der Waals surface area contributed by atoms with E-state index >= 15 is 0 Å². The number of carbonyl (C=O) groups excluding carboxylic acids is 1. The molecule has 2 aromatic carbocycles. The van der Waals surface area contributed by atoms with Crippen molar-refractivity contribution >= 4 is 48.9 Å². The number of thiazole rings is 1. The molecule has 1 aliphatic rings. The van der Waals surface area contributed by atoms with Gasteiger partial charge in [-0.1, -0.05) is 22.9 Å². The van der Waals surface area contributed by atoms with E-state index in [1.165, 1.54) is 23.5 Å². The number of hydrogen-bond donors (Lipinski definition) is 0. The SMILES string of the molecule is COc1ccc2nc(OC3CCN(C(=O)CCCS(=O)(=O)c4ccc(Cl)cc4)CC3)sc2c1. The summed E-state index contributed by atoms with van der Waals surface area (Å²) in [4.78, 5) is 19.1. The number of likely N-dealkylation sites (tertiary alicyclic amines) is 1. The highest BCUT2D eigenvalue weighted by molar-refractivity contribution is 7.91. The maximum Gasteiger partial charge on any atom is 0.274 e. The average molecular weight is 509 g/mol. The lowest BCUT2D eigenvalue weighted by atomic mass is 10.1. The molecular weight excluding hydrogens is 484 g/mol. The lowest BCUT2D eigenvalue weighted by Gasteiger charge is -2.31.